The first-order chi connectivity index (χ1) is 12.2. The zero-order valence-electron chi connectivity index (χ0n) is 14.3. The van der Waals surface area contributed by atoms with Crippen molar-refractivity contribution in [1.82, 2.24) is 4.98 Å². The summed E-state index contributed by atoms with van der Waals surface area (Å²) in [5, 5.41) is 1.74. The lowest BCUT2D eigenvalue weighted by Gasteiger charge is -2.14. The molecule has 4 heteroatoms. The van der Waals surface area contributed by atoms with Crippen molar-refractivity contribution in [3.63, 3.8) is 0 Å². The Balaban J connectivity index is 2.08. The topological polar surface area (TPSA) is 30.0 Å². The van der Waals surface area contributed by atoms with E-state index in [9.17, 15) is 4.79 Å². The van der Waals surface area contributed by atoms with Crippen LogP contribution in [0.1, 0.15) is 25.3 Å². The van der Waals surface area contributed by atoms with E-state index in [0.717, 1.165) is 55.1 Å². The molecule has 2 nitrogen and oxygen atoms in total. The molecule has 1 aliphatic carbocycles. The molecule has 2 aromatic carbocycles. The predicted octanol–water partition coefficient (Wildman–Crippen LogP) is 6.12. The molecule has 0 bridgehead atoms. The highest BCUT2D eigenvalue weighted by Crippen LogP contribution is 2.40. The van der Waals surface area contributed by atoms with Crippen LogP contribution < -0.4 is 5.43 Å². The first-order valence-corrected chi connectivity index (χ1v) is 10.4. The number of aryl methyl sites for hydroxylation is 1. The number of fused-ring (bicyclic) bond motifs is 4. The number of rotatable bonds is 4. The molecule has 0 unspecified atom stereocenters. The fraction of sp³-hybridized carbons (Fsp3) is 0.238. The van der Waals surface area contributed by atoms with Crippen LogP contribution in [0.3, 0.4) is 0 Å². The molecule has 1 heterocycles. The van der Waals surface area contributed by atoms with Gasteiger partial charge < -0.3 is 0 Å². The van der Waals surface area contributed by atoms with Gasteiger partial charge in [-0.2, -0.15) is 0 Å². The molecule has 0 atom stereocenters. The lowest BCUT2D eigenvalue weighted by Crippen LogP contribution is -2.09. The Morgan fingerprint density at radius 1 is 1.12 bits per heavy atom. The van der Waals surface area contributed by atoms with Crippen LogP contribution in [-0.2, 0) is 0 Å². The average Bonchev–Trinajstić information content (AvgIpc) is 2.63. The number of hydrogen-bond donors (Lipinski definition) is 0. The fourth-order valence-electron chi connectivity index (χ4n) is 3.02. The van der Waals surface area contributed by atoms with Gasteiger partial charge in [0.25, 0.3) is 0 Å². The van der Waals surface area contributed by atoms with Crippen molar-refractivity contribution >= 4 is 44.1 Å². The summed E-state index contributed by atoms with van der Waals surface area (Å²) in [5.41, 5.74) is 3.31. The summed E-state index contributed by atoms with van der Waals surface area (Å²) in [6.07, 6.45) is 2.25. The molecule has 25 heavy (non-hydrogen) atoms. The van der Waals surface area contributed by atoms with Crippen molar-refractivity contribution in [3.8, 4) is 10.6 Å². The summed E-state index contributed by atoms with van der Waals surface area (Å²) in [6.45, 7) is 4.27. The smallest absolute Gasteiger partial charge is 0.201 e. The molecular weight excluding hydrogens is 346 g/mol. The Morgan fingerprint density at radius 3 is 2.72 bits per heavy atom. The highest BCUT2D eigenvalue weighted by Gasteiger charge is 2.20. The van der Waals surface area contributed by atoms with Crippen molar-refractivity contribution in [2.24, 2.45) is 0 Å². The summed E-state index contributed by atoms with van der Waals surface area (Å²) in [5.74, 6) is 0.970. The number of benzene rings is 3. The third kappa shape index (κ3) is 2.94. The van der Waals surface area contributed by atoms with Gasteiger partial charge in [0.1, 0.15) is 0 Å². The lowest BCUT2D eigenvalue weighted by molar-refractivity contribution is 0.896. The highest BCUT2D eigenvalue weighted by atomic mass is 32.2. The summed E-state index contributed by atoms with van der Waals surface area (Å²) < 4.78 is 1.14. The van der Waals surface area contributed by atoms with Crippen LogP contribution >= 0.6 is 23.1 Å². The van der Waals surface area contributed by atoms with E-state index in [2.05, 4.69) is 32.0 Å². The van der Waals surface area contributed by atoms with E-state index in [1.165, 1.54) is 5.56 Å². The second-order valence-electron chi connectivity index (χ2n) is 6.27. The lowest BCUT2D eigenvalue weighted by atomic mass is 10.1. The number of thioether (sulfide) groups is 1. The number of unbranched alkanes of at least 4 members (excludes halogenated alkanes) is 1. The number of aromatic nitrogens is 1. The maximum Gasteiger partial charge on any atom is 0.201 e. The normalized spacial score (nSPS) is 11.6. The summed E-state index contributed by atoms with van der Waals surface area (Å²) in [6, 6.07) is 14.2. The molecule has 0 spiro atoms. The molecule has 4 rings (SSSR count). The molecule has 0 radical (unpaired) electrons. The van der Waals surface area contributed by atoms with Gasteiger partial charge in [0.15, 0.2) is 0 Å². The van der Waals surface area contributed by atoms with Crippen molar-refractivity contribution in [2.45, 2.75) is 31.6 Å². The third-order valence-electron chi connectivity index (χ3n) is 4.36. The second-order valence-corrected chi connectivity index (χ2v) is 8.43. The fourth-order valence-corrected chi connectivity index (χ4v) is 5.55. The van der Waals surface area contributed by atoms with Crippen LogP contribution in [0.25, 0.3) is 31.6 Å². The van der Waals surface area contributed by atoms with Gasteiger partial charge in [-0.25, -0.2) is 4.98 Å². The molecular formula is C21H19NOS2. The molecule has 2 aromatic rings. The Kier molecular flexibility index (Phi) is 4.48. The van der Waals surface area contributed by atoms with E-state index in [-0.39, 0.29) is 5.43 Å². The van der Waals surface area contributed by atoms with Crippen LogP contribution in [-0.4, -0.2) is 10.7 Å². The minimum absolute atomic E-state index is 0.147. The highest BCUT2D eigenvalue weighted by molar-refractivity contribution is 7.99. The Bertz CT molecular complexity index is 1100. The SMILES string of the molecule is CCCCSc1c2sc3cc(C)ccc3nc-2c2ccccc2c1=O. The predicted molar refractivity (Wildman–Crippen MR) is 110 cm³/mol. The van der Waals surface area contributed by atoms with Gasteiger partial charge in [-0.05, 0) is 36.8 Å². The van der Waals surface area contributed by atoms with Crippen LogP contribution in [0.15, 0.2) is 52.2 Å². The van der Waals surface area contributed by atoms with Crippen molar-refractivity contribution in [3.05, 3.63) is 58.3 Å². The summed E-state index contributed by atoms with van der Waals surface area (Å²) >= 11 is 3.38. The molecule has 0 N–H and O–H groups in total. The third-order valence-corrected chi connectivity index (χ3v) is 6.81. The number of hydrogen-bond acceptors (Lipinski definition) is 4. The molecule has 126 valence electrons. The van der Waals surface area contributed by atoms with E-state index in [1.807, 2.05) is 24.3 Å². The molecule has 0 fully saturated rings. The van der Waals surface area contributed by atoms with Crippen molar-refractivity contribution in [1.29, 1.82) is 0 Å². The Morgan fingerprint density at radius 2 is 1.92 bits per heavy atom. The van der Waals surface area contributed by atoms with Crippen molar-refractivity contribution < 1.29 is 0 Å². The van der Waals surface area contributed by atoms with Gasteiger partial charge in [-0.1, -0.05) is 43.7 Å². The van der Waals surface area contributed by atoms with Crippen molar-refractivity contribution in [2.75, 3.05) is 5.75 Å². The Hall–Kier alpha value is -1.91. The minimum atomic E-state index is 0.147. The van der Waals surface area contributed by atoms with E-state index < -0.39 is 0 Å². The molecule has 1 aliphatic heterocycles. The standard InChI is InChI=1S/C21H19NOS2/c1-3-4-11-24-21-19(23)15-8-6-5-7-14(15)18-20(21)25-17-12-13(2)9-10-16(17)22-18/h5-10,12H,3-4,11H2,1-2H3. The summed E-state index contributed by atoms with van der Waals surface area (Å²) in [4.78, 5) is 19.9. The van der Waals surface area contributed by atoms with Gasteiger partial charge in [0.2, 0.25) is 5.43 Å². The van der Waals surface area contributed by atoms with Crippen LogP contribution in [0.2, 0.25) is 0 Å². The van der Waals surface area contributed by atoms with Gasteiger partial charge in [0.05, 0.1) is 25.7 Å². The maximum atomic E-state index is 13.1. The number of nitrogens with zero attached hydrogens (tertiary/aromatic N) is 1. The second kappa shape index (κ2) is 6.77. The van der Waals surface area contributed by atoms with E-state index in [0.29, 0.717) is 0 Å². The molecule has 0 aromatic heterocycles. The van der Waals surface area contributed by atoms with Gasteiger partial charge in [-0.15, -0.1) is 23.1 Å². The summed E-state index contributed by atoms with van der Waals surface area (Å²) in [7, 11) is 0. The molecule has 0 amide bonds. The largest absolute Gasteiger partial charge is 0.288 e. The minimum Gasteiger partial charge on any atom is -0.288 e. The Labute approximate surface area is 155 Å². The van der Waals surface area contributed by atoms with E-state index in [1.54, 1.807) is 23.1 Å². The van der Waals surface area contributed by atoms with E-state index in [4.69, 9.17) is 4.98 Å². The molecule has 2 aliphatic rings. The first kappa shape index (κ1) is 16.6. The van der Waals surface area contributed by atoms with Gasteiger partial charge in [-0.3, -0.25) is 4.79 Å². The average molecular weight is 366 g/mol. The van der Waals surface area contributed by atoms with Gasteiger partial charge in [0, 0.05) is 10.8 Å². The zero-order chi connectivity index (χ0) is 17.4. The first-order valence-electron chi connectivity index (χ1n) is 8.57. The monoisotopic (exact) mass is 365 g/mol. The molecule has 0 saturated carbocycles. The molecule has 0 saturated heterocycles. The van der Waals surface area contributed by atoms with E-state index >= 15 is 0 Å². The van der Waals surface area contributed by atoms with Gasteiger partial charge >= 0.3 is 0 Å². The van der Waals surface area contributed by atoms with Crippen LogP contribution in [0, 0.1) is 6.92 Å². The van der Waals surface area contributed by atoms with Crippen LogP contribution in [0.5, 0.6) is 0 Å². The quantitative estimate of drug-likeness (QED) is 0.189. The zero-order valence-corrected chi connectivity index (χ0v) is 16.0. The van der Waals surface area contributed by atoms with Crippen LogP contribution in [0.4, 0.5) is 0 Å². The maximum absolute atomic E-state index is 13.1.